The van der Waals surface area contributed by atoms with Gasteiger partial charge in [0.25, 0.3) is 0 Å². The second-order valence-electron chi connectivity index (χ2n) is 20.7. The zero-order chi connectivity index (χ0) is 53.3. The van der Waals surface area contributed by atoms with Gasteiger partial charge >= 0.3 is 0 Å². The Bertz CT molecular complexity index is 3580. The molecule has 3 heterocycles. The van der Waals surface area contributed by atoms with E-state index < -0.39 is 0 Å². The molecule has 4 bridgehead atoms. The third kappa shape index (κ3) is 13.3. The van der Waals surface area contributed by atoms with Crippen LogP contribution in [-0.4, -0.2) is 14.5 Å². The van der Waals surface area contributed by atoms with Crippen molar-refractivity contribution in [3.8, 4) is 28.3 Å². The molecule has 2 aromatic heterocycles. The molecule has 10 aromatic rings. The Labute approximate surface area is 496 Å². The molecule has 8 aromatic carbocycles. The van der Waals surface area contributed by atoms with E-state index in [9.17, 15) is 0 Å². The molecule has 0 fully saturated rings. The predicted octanol–water partition coefficient (Wildman–Crippen LogP) is 17.6. The molecule has 402 valence electrons. The molecule has 4 aliphatic carbocycles. The fourth-order valence-electron chi connectivity index (χ4n) is 10.5. The van der Waals surface area contributed by atoms with Crippen molar-refractivity contribution in [2.75, 3.05) is 9.80 Å². The van der Waals surface area contributed by atoms with Gasteiger partial charge in [0.1, 0.15) is 0 Å². The van der Waals surface area contributed by atoms with Gasteiger partial charge in [-0.15, -0.1) is 77.5 Å². The van der Waals surface area contributed by atoms with E-state index >= 15 is 0 Å². The molecule has 0 amide bonds. The Balaban J connectivity index is 0.000000158. The summed E-state index contributed by atoms with van der Waals surface area (Å²) < 4.78 is 2.22. The number of hydrogen-bond donors (Lipinski definition) is 0. The molecule has 0 spiro atoms. The van der Waals surface area contributed by atoms with Crippen LogP contribution in [0.3, 0.4) is 0 Å². The summed E-state index contributed by atoms with van der Waals surface area (Å²) in [7, 11) is 0. The second-order valence-corrected chi connectivity index (χ2v) is 20.7. The van der Waals surface area contributed by atoms with E-state index in [1.54, 1.807) is 0 Å². The van der Waals surface area contributed by atoms with Gasteiger partial charge in [-0.1, -0.05) is 174 Å². The van der Waals surface area contributed by atoms with Crippen LogP contribution in [0.2, 0.25) is 0 Å². The van der Waals surface area contributed by atoms with E-state index in [0.717, 1.165) is 48.5 Å². The van der Waals surface area contributed by atoms with Gasteiger partial charge in [-0.25, -0.2) is 0 Å². The molecular weight excluding hydrogens is 1320 g/mol. The second kappa shape index (κ2) is 27.1. The number of para-hydroxylation sites is 3. The molecule has 5 aliphatic rings. The largest absolute Gasteiger partial charge is 0.473 e. The summed E-state index contributed by atoms with van der Waals surface area (Å²) in [5.74, 6) is 1.86. The SMILES string of the molecule is CC(C)c1cccc(C(C)C)c1-n1ccnc1-c1[c-]cccc1.Cc1ccccc1C1=C(c2ccccc2C)N(c2ccccc2C)[CH-]N1c1ccccc1.[Ir].[Ir].[c-]1c2ccc(c1-c1ccccn1)CCc1ccc(cc1)CC2. The third-order valence-corrected chi connectivity index (χ3v) is 14.7. The van der Waals surface area contributed by atoms with E-state index in [0.29, 0.717) is 11.8 Å². The maximum atomic E-state index is 4.60. The number of imidazole rings is 1. The number of aryl methyl sites for hydroxylation is 7. The van der Waals surface area contributed by atoms with Gasteiger partial charge in [0.05, 0.1) is 5.82 Å². The smallest absolute Gasteiger partial charge is 0.0602 e. The summed E-state index contributed by atoms with van der Waals surface area (Å²) in [6.07, 6.45) is 9.98. The Hall–Kier alpha value is -7.24. The van der Waals surface area contributed by atoms with Crippen LogP contribution in [0.5, 0.6) is 0 Å². The zero-order valence-electron chi connectivity index (χ0n) is 46.2. The van der Waals surface area contributed by atoms with Crippen LogP contribution < -0.4 is 9.80 Å². The van der Waals surface area contributed by atoms with Crippen molar-refractivity contribution in [3.05, 3.63) is 299 Å². The van der Waals surface area contributed by atoms with Crippen molar-refractivity contribution in [1.29, 1.82) is 0 Å². The van der Waals surface area contributed by atoms with Crippen LogP contribution >= 0.6 is 0 Å². The summed E-state index contributed by atoms with van der Waals surface area (Å²) in [6.45, 7) is 17.8. The number of benzene rings is 8. The number of anilines is 2. The molecule has 15 rings (SSSR count). The minimum atomic E-state index is 0. The van der Waals surface area contributed by atoms with Crippen LogP contribution in [0.1, 0.15) is 101 Å². The van der Waals surface area contributed by atoms with E-state index in [1.165, 1.54) is 89.5 Å². The first-order valence-electron chi connectivity index (χ1n) is 27.2. The molecule has 2 radical (unpaired) electrons. The van der Waals surface area contributed by atoms with Gasteiger partial charge in [-0.3, -0.25) is 4.98 Å². The first-order valence-corrected chi connectivity index (χ1v) is 27.2. The number of pyridine rings is 1. The normalized spacial score (nSPS) is 12.7. The van der Waals surface area contributed by atoms with Crippen molar-refractivity contribution < 1.29 is 40.2 Å². The molecule has 79 heavy (non-hydrogen) atoms. The molecule has 0 saturated carbocycles. The van der Waals surface area contributed by atoms with E-state index in [1.807, 2.05) is 42.7 Å². The summed E-state index contributed by atoms with van der Waals surface area (Å²) in [4.78, 5) is 13.8. The molecule has 0 atom stereocenters. The molecular formula is C72H68Ir2N5-3. The zero-order valence-corrected chi connectivity index (χ0v) is 51.0. The fraction of sp³-hybridized carbons (Fsp3) is 0.181. The van der Waals surface area contributed by atoms with Gasteiger partial charge in [0, 0.05) is 98.4 Å². The van der Waals surface area contributed by atoms with Crippen molar-refractivity contribution in [3.63, 3.8) is 0 Å². The average Bonchev–Trinajstić information content (AvgIpc) is 4.31. The minimum absolute atomic E-state index is 0. The van der Waals surface area contributed by atoms with Crippen LogP contribution in [0, 0.1) is 39.6 Å². The molecule has 0 saturated heterocycles. The topological polar surface area (TPSA) is 37.2 Å². The van der Waals surface area contributed by atoms with Gasteiger partial charge < -0.3 is 19.4 Å². The van der Waals surface area contributed by atoms with Gasteiger partial charge in [0.2, 0.25) is 0 Å². The summed E-state index contributed by atoms with van der Waals surface area (Å²) in [5.41, 5.74) is 23.6. The van der Waals surface area contributed by atoms with Crippen molar-refractivity contribution in [2.45, 2.75) is 86.0 Å². The minimum Gasteiger partial charge on any atom is -0.473 e. The fourth-order valence-corrected chi connectivity index (χ4v) is 10.5. The summed E-state index contributed by atoms with van der Waals surface area (Å²) >= 11 is 0. The maximum Gasteiger partial charge on any atom is 0.0602 e. The Morgan fingerprint density at radius 3 is 1.67 bits per heavy atom. The van der Waals surface area contributed by atoms with Gasteiger partial charge in [0.15, 0.2) is 0 Å². The average molecular weight is 1390 g/mol. The van der Waals surface area contributed by atoms with Gasteiger partial charge in [-0.2, -0.15) is 0 Å². The van der Waals surface area contributed by atoms with E-state index in [2.05, 4.69) is 268 Å². The molecule has 5 nitrogen and oxygen atoms in total. The molecule has 0 unspecified atom stereocenters. The van der Waals surface area contributed by atoms with Crippen LogP contribution in [0.15, 0.2) is 219 Å². The monoisotopic (exact) mass is 1390 g/mol. The summed E-state index contributed by atoms with van der Waals surface area (Å²) in [5, 5.41) is 0. The summed E-state index contributed by atoms with van der Waals surface area (Å²) in [6, 6.07) is 77.8. The third-order valence-electron chi connectivity index (χ3n) is 14.7. The predicted molar refractivity (Wildman–Crippen MR) is 322 cm³/mol. The first-order chi connectivity index (χ1) is 37.6. The Kier molecular flexibility index (Phi) is 19.9. The van der Waals surface area contributed by atoms with Gasteiger partial charge in [-0.05, 0) is 121 Å². The molecule has 1 aliphatic heterocycles. The van der Waals surface area contributed by atoms with Crippen LogP contribution in [-0.2, 0) is 65.9 Å². The quantitative estimate of drug-likeness (QED) is 0.135. The van der Waals surface area contributed by atoms with E-state index in [4.69, 9.17) is 0 Å². The van der Waals surface area contributed by atoms with Crippen molar-refractivity contribution >= 4 is 22.8 Å². The number of hydrogen-bond acceptors (Lipinski definition) is 4. The molecule has 7 heteroatoms. The maximum absolute atomic E-state index is 4.60. The van der Waals surface area contributed by atoms with Crippen molar-refractivity contribution in [2.24, 2.45) is 0 Å². The van der Waals surface area contributed by atoms with E-state index in [-0.39, 0.29) is 40.2 Å². The molecule has 0 N–H and O–H groups in total. The number of aromatic nitrogens is 3. The van der Waals surface area contributed by atoms with Crippen LogP contribution in [0.25, 0.3) is 39.7 Å². The standard InChI is InChI=1S/C30H27N2.C21H23N2.C21H18N.2Ir/c1-22-13-7-10-18-26(22)29-30(27-19-11-8-14-23(27)2)32(28-20-12-9-15-24(28)3)21-31(29)25-16-5-4-6-17-25;1-15(2)18-11-8-12-19(16(3)4)20(18)23-14-13-22-21(23)17-9-6-5-7-10-17;1-2-14-22-21(3-1)20-15-18-9-8-16-4-6-17(7-5-16)10-12-19(20)13-11-18;;/h4-21H,1-3H3;5-9,11-16H,1-4H3;1-7,11,13-14H,8-10,12H2;;/q3*-1;;. The van der Waals surface area contributed by atoms with Crippen molar-refractivity contribution in [1.82, 2.24) is 14.5 Å². The Morgan fingerprint density at radius 2 is 1.08 bits per heavy atom. The number of nitrogens with zero attached hydrogens (tertiary/aromatic N) is 5. The number of rotatable bonds is 9. The first kappa shape index (κ1) is 57.9. The Morgan fingerprint density at radius 1 is 0.494 bits per heavy atom. The van der Waals surface area contributed by atoms with Crippen LogP contribution in [0.4, 0.5) is 11.4 Å².